The molecule has 0 fully saturated rings. The second-order valence-corrected chi connectivity index (χ2v) is 8.12. The highest BCUT2D eigenvalue weighted by molar-refractivity contribution is 7.90. The number of carbonyl (C=O) groups excluding carboxylic acids is 2. The molecule has 2 aromatic rings. The summed E-state index contributed by atoms with van der Waals surface area (Å²) in [5.41, 5.74) is 0.515. The van der Waals surface area contributed by atoms with Gasteiger partial charge in [-0.05, 0) is 23.8 Å². The number of anilines is 1. The molecule has 0 aromatic heterocycles. The molecule has 11 heteroatoms. The molecule has 2 amide bonds. The zero-order valence-electron chi connectivity index (χ0n) is 15.7. The molecule has 0 atom stereocenters. The molecule has 0 aliphatic carbocycles. The van der Waals surface area contributed by atoms with Crippen LogP contribution in [0.1, 0.15) is 15.9 Å². The molecule has 0 saturated carbocycles. The summed E-state index contributed by atoms with van der Waals surface area (Å²) in [7, 11) is -2.34. The first-order valence-electron chi connectivity index (χ1n) is 8.25. The normalized spacial score (nSPS) is 11.0. The van der Waals surface area contributed by atoms with Crippen LogP contribution in [0.4, 0.5) is 11.4 Å². The van der Waals surface area contributed by atoms with Gasteiger partial charge in [-0.2, -0.15) is 0 Å². The van der Waals surface area contributed by atoms with Gasteiger partial charge in [0.05, 0.1) is 9.82 Å². The van der Waals surface area contributed by atoms with Crippen LogP contribution in [0.3, 0.4) is 0 Å². The largest absolute Gasteiger partial charge is 0.375 e. The van der Waals surface area contributed by atoms with Crippen LogP contribution in [0, 0.1) is 10.1 Å². The van der Waals surface area contributed by atoms with Gasteiger partial charge < -0.3 is 15.4 Å². The van der Waals surface area contributed by atoms with Gasteiger partial charge in [0.1, 0.15) is 6.61 Å². The zero-order valence-corrected chi connectivity index (χ0v) is 16.5. The van der Waals surface area contributed by atoms with E-state index in [-0.39, 0.29) is 29.5 Å². The smallest absolute Gasteiger partial charge is 0.271 e. The van der Waals surface area contributed by atoms with Crippen LogP contribution >= 0.6 is 0 Å². The summed E-state index contributed by atoms with van der Waals surface area (Å²) in [6.45, 7) is -0.0415. The van der Waals surface area contributed by atoms with E-state index in [4.69, 9.17) is 4.74 Å². The van der Waals surface area contributed by atoms with Gasteiger partial charge in [-0.3, -0.25) is 19.7 Å². The Hall–Kier alpha value is -3.31. The van der Waals surface area contributed by atoms with Crippen molar-refractivity contribution in [1.29, 1.82) is 0 Å². The topological polar surface area (TPSA) is 145 Å². The number of hydrogen-bond acceptors (Lipinski definition) is 7. The minimum absolute atomic E-state index is 0.0592. The number of ether oxygens (including phenoxy) is 1. The molecule has 0 bridgehead atoms. The van der Waals surface area contributed by atoms with E-state index in [1.165, 1.54) is 7.11 Å². The number of carbonyl (C=O) groups is 2. The van der Waals surface area contributed by atoms with Crippen molar-refractivity contribution in [3.63, 3.8) is 0 Å². The van der Waals surface area contributed by atoms with E-state index in [9.17, 15) is 28.1 Å². The Balaban J connectivity index is 2.16. The van der Waals surface area contributed by atoms with E-state index < -0.39 is 26.4 Å². The number of amides is 2. The van der Waals surface area contributed by atoms with E-state index >= 15 is 0 Å². The van der Waals surface area contributed by atoms with Crippen molar-refractivity contribution in [3.8, 4) is 0 Å². The van der Waals surface area contributed by atoms with Crippen LogP contribution < -0.4 is 10.6 Å². The summed E-state index contributed by atoms with van der Waals surface area (Å²) < 4.78 is 28.2. The van der Waals surface area contributed by atoms with Crippen molar-refractivity contribution in [1.82, 2.24) is 5.32 Å². The molecule has 154 valence electrons. The van der Waals surface area contributed by atoms with E-state index in [0.717, 1.165) is 24.5 Å². The Labute approximate surface area is 166 Å². The third-order valence-corrected chi connectivity index (χ3v) is 4.82. The quantitative estimate of drug-likeness (QED) is 0.485. The molecule has 2 rings (SSSR count). The number of methoxy groups -OCH3 is 1. The van der Waals surface area contributed by atoms with Gasteiger partial charge in [-0.25, -0.2) is 8.42 Å². The van der Waals surface area contributed by atoms with Crippen LogP contribution in [-0.2, 0) is 25.9 Å². The molecule has 0 unspecified atom stereocenters. The van der Waals surface area contributed by atoms with E-state index in [1.54, 1.807) is 24.3 Å². The van der Waals surface area contributed by atoms with E-state index in [1.807, 2.05) is 0 Å². The van der Waals surface area contributed by atoms with E-state index in [0.29, 0.717) is 11.3 Å². The second-order valence-electron chi connectivity index (χ2n) is 6.11. The Kier molecular flexibility index (Phi) is 7.02. The fourth-order valence-electron chi connectivity index (χ4n) is 2.41. The lowest BCUT2D eigenvalue weighted by atomic mass is 10.1. The van der Waals surface area contributed by atoms with Crippen molar-refractivity contribution in [2.24, 2.45) is 0 Å². The number of benzene rings is 2. The highest BCUT2D eigenvalue weighted by Gasteiger charge is 2.19. The number of nitro groups is 1. The predicted octanol–water partition coefficient (Wildman–Crippen LogP) is 1.51. The third-order valence-electron chi connectivity index (χ3n) is 3.73. The monoisotopic (exact) mass is 421 g/mol. The number of nitrogens with zero attached hydrogens (tertiary/aromatic N) is 1. The lowest BCUT2D eigenvalue weighted by molar-refractivity contribution is -0.385. The standard InChI is InChI=1S/C18H19N3O7S/c1-28-11-17(22)20-14-5-3-4-12(6-14)10-19-18(23)13-7-15(21(24)25)9-16(8-13)29(2,26)27/h3-9H,10-11H2,1-2H3,(H,19,23)(H,20,22). The molecule has 0 radical (unpaired) electrons. The third kappa shape index (κ3) is 6.36. The zero-order chi connectivity index (χ0) is 21.6. The number of rotatable bonds is 8. The molecule has 2 N–H and O–H groups in total. The molecule has 0 aliphatic heterocycles. The summed E-state index contributed by atoms with van der Waals surface area (Å²) in [6.07, 6.45) is 0.900. The van der Waals surface area contributed by atoms with Crippen molar-refractivity contribution in [2.75, 3.05) is 25.3 Å². The summed E-state index contributed by atoms with van der Waals surface area (Å²) in [4.78, 5) is 33.9. The summed E-state index contributed by atoms with van der Waals surface area (Å²) in [5.74, 6) is -1.01. The van der Waals surface area contributed by atoms with Crippen molar-refractivity contribution in [3.05, 3.63) is 63.7 Å². The lowest BCUT2D eigenvalue weighted by Gasteiger charge is -2.09. The van der Waals surface area contributed by atoms with Crippen molar-refractivity contribution >= 4 is 33.0 Å². The predicted molar refractivity (Wildman–Crippen MR) is 104 cm³/mol. The fourth-order valence-corrected chi connectivity index (χ4v) is 3.08. The molecule has 0 heterocycles. The maximum atomic E-state index is 12.4. The number of sulfone groups is 1. The summed E-state index contributed by atoms with van der Waals surface area (Å²) in [5, 5.41) is 16.2. The van der Waals surface area contributed by atoms with Crippen LogP contribution in [0.25, 0.3) is 0 Å². The molecular formula is C18H19N3O7S. The summed E-state index contributed by atoms with van der Waals surface area (Å²) >= 11 is 0. The van der Waals surface area contributed by atoms with Crippen LogP contribution in [0.15, 0.2) is 47.4 Å². The number of nitrogens with one attached hydrogen (secondary N) is 2. The van der Waals surface area contributed by atoms with Gasteiger partial charge in [-0.1, -0.05) is 12.1 Å². The van der Waals surface area contributed by atoms with Crippen LogP contribution in [0.5, 0.6) is 0 Å². The van der Waals surface area contributed by atoms with Gasteiger partial charge in [0, 0.05) is 43.3 Å². The molecular weight excluding hydrogens is 402 g/mol. The maximum absolute atomic E-state index is 12.4. The average Bonchev–Trinajstić information content (AvgIpc) is 2.65. The maximum Gasteiger partial charge on any atom is 0.271 e. The first-order chi connectivity index (χ1) is 13.6. The van der Waals surface area contributed by atoms with Gasteiger partial charge in [0.25, 0.3) is 11.6 Å². The SMILES string of the molecule is COCC(=O)Nc1cccc(CNC(=O)c2cc([N+](=O)[O-])cc(S(C)(=O)=O)c2)c1. The fraction of sp³-hybridized carbons (Fsp3) is 0.222. The molecule has 0 aliphatic rings. The highest BCUT2D eigenvalue weighted by Crippen LogP contribution is 2.21. The Morgan fingerprint density at radius 3 is 2.52 bits per heavy atom. The molecule has 29 heavy (non-hydrogen) atoms. The number of non-ortho nitro benzene ring substituents is 1. The van der Waals surface area contributed by atoms with Gasteiger partial charge in [0.2, 0.25) is 5.91 Å². The lowest BCUT2D eigenvalue weighted by Crippen LogP contribution is -2.23. The Morgan fingerprint density at radius 1 is 1.17 bits per heavy atom. The molecule has 0 spiro atoms. The molecule has 10 nitrogen and oxygen atoms in total. The minimum atomic E-state index is -3.74. The first-order valence-corrected chi connectivity index (χ1v) is 10.1. The van der Waals surface area contributed by atoms with Crippen molar-refractivity contribution in [2.45, 2.75) is 11.4 Å². The second kappa shape index (κ2) is 9.26. The van der Waals surface area contributed by atoms with Crippen molar-refractivity contribution < 1.29 is 27.7 Å². The molecule has 2 aromatic carbocycles. The van der Waals surface area contributed by atoms with Gasteiger partial charge in [0.15, 0.2) is 9.84 Å². The number of nitro benzene ring substituents is 1. The van der Waals surface area contributed by atoms with Gasteiger partial charge in [-0.15, -0.1) is 0 Å². The average molecular weight is 421 g/mol. The van der Waals surface area contributed by atoms with Crippen LogP contribution in [0.2, 0.25) is 0 Å². The van der Waals surface area contributed by atoms with Gasteiger partial charge >= 0.3 is 0 Å². The number of hydrogen-bond donors (Lipinski definition) is 2. The van der Waals surface area contributed by atoms with Crippen LogP contribution in [-0.4, -0.2) is 45.1 Å². The van der Waals surface area contributed by atoms with E-state index in [2.05, 4.69) is 10.6 Å². The molecule has 0 saturated heterocycles. The Morgan fingerprint density at radius 2 is 1.90 bits per heavy atom. The first kappa shape index (κ1) is 22.0. The summed E-state index contributed by atoms with van der Waals surface area (Å²) in [6, 6.07) is 9.68. The Bertz CT molecular complexity index is 1050. The highest BCUT2D eigenvalue weighted by atomic mass is 32.2. The minimum Gasteiger partial charge on any atom is -0.375 e.